The first-order valence-corrected chi connectivity index (χ1v) is 11.3. The maximum Gasteiger partial charge on any atom is 0.322 e. The number of aryl methyl sites for hydroxylation is 1. The summed E-state index contributed by atoms with van der Waals surface area (Å²) in [4.78, 5) is 48.7. The van der Waals surface area contributed by atoms with Crippen molar-refractivity contribution in [3.63, 3.8) is 0 Å². The third-order valence-electron chi connectivity index (χ3n) is 6.61. The van der Waals surface area contributed by atoms with Crippen LogP contribution in [-0.2, 0) is 23.3 Å². The number of carbonyl (C=O) groups excluding carboxylic acids is 3. The molecule has 4 amide bonds. The highest BCUT2D eigenvalue weighted by Crippen LogP contribution is 2.35. The number of fused-ring (bicyclic) bond motifs is 2. The zero-order chi connectivity index (χ0) is 24.2. The molecule has 174 valence electrons. The van der Waals surface area contributed by atoms with Crippen molar-refractivity contribution in [3.05, 3.63) is 83.5 Å². The number of pyridine rings is 2. The van der Waals surface area contributed by atoms with Crippen molar-refractivity contribution in [2.45, 2.75) is 25.4 Å². The number of nitrogens with zero attached hydrogens (tertiary/aromatic N) is 3. The second-order valence-corrected chi connectivity index (χ2v) is 8.78. The number of aromatic nitrogens is 2. The molecule has 0 saturated carbocycles. The molecule has 0 radical (unpaired) electrons. The lowest BCUT2D eigenvalue weighted by atomic mass is 9.95. The van der Waals surface area contributed by atoms with E-state index < -0.39 is 17.5 Å². The van der Waals surface area contributed by atoms with Crippen LogP contribution in [0.4, 0.5) is 4.79 Å². The van der Waals surface area contributed by atoms with E-state index in [4.69, 9.17) is 4.42 Å². The van der Waals surface area contributed by atoms with Crippen molar-refractivity contribution in [1.82, 2.24) is 25.5 Å². The van der Waals surface area contributed by atoms with E-state index in [1.165, 1.54) is 0 Å². The minimum absolute atomic E-state index is 0.0672. The second-order valence-electron chi connectivity index (χ2n) is 8.78. The molecular weight excluding hydrogens is 446 g/mol. The molecule has 4 aromatic rings. The molecule has 2 aliphatic heterocycles. The number of carbonyl (C=O) groups is 3. The molecule has 6 rings (SSSR count). The minimum atomic E-state index is -1.56. The molecular formula is C26H21N5O4. The van der Waals surface area contributed by atoms with Gasteiger partial charge in [-0.2, -0.15) is 0 Å². The summed E-state index contributed by atoms with van der Waals surface area (Å²) in [5, 5.41) is 5.74. The molecule has 5 heterocycles. The first kappa shape index (κ1) is 21.0. The molecule has 0 bridgehead atoms. The average molecular weight is 467 g/mol. The third-order valence-corrected chi connectivity index (χ3v) is 6.61. The van der Waals surface area contributed by atoms with Crippen LogP contribution in [0.3, 0.4) is 0 Å². The fourth-order valence-electron chi connectivity index (χ4n) is 4.72. The topological polar surface area (TPSA) is 117 Å². The van der Waals surface area contributed by atoms with Crippen LogP contribution in [0.2, 0.25) is 0 Å². The number of imide groups is 1. The molecule has 0 aliphatic carbocycles. The molecule has 1 atom stereocenters. The zero-order valence-corrected chi connectivity index (χ0v) is 18.9. The van der Waals surface area contributed by atoms with Gasteiger partial charge in [-0.1, -0.05) is 19.1 Å². The summed E-state index contributed by atoms with van der Waals surface area (Å²) in [6, 6.07) is 12.5. The minimum Gasteiger partial charge on any atom is -0.456 e. The Hall–Kier alpha value is -4.53. The van der Waals surface area contributed by atoms with Crippen molar-refractivity contribution < 1.29 is 18.8 Å². The second kappa shape index (κ2) is 7.76. The van der Waals surface area contributed by atoms with Crippen molar-refractivity contribution >= 4 is 28.8 Å². The first-order valence-electron chi connectivity index (χ1n) is 11.3. The van der Waals surface area contributed by atoms with Crippen LogP contribution < -0.4 is 10.6 Å². The molecule has 1 fully saturated rings. The fourth-order valence-corrected chi connectivity index (χ4v) is 4.72. The van der Waals surface area contributed by atoms with Gasteiger partial charge in [0.2, 0.25) is 0 Å². The number of hydrogen-bond donors (Lipinski definition) is 2. The largest absolute Gasteiger partial charge is 0.456 e. The Labute approximate surface area is 200 Å². The van der Waals surface area contributed by atoms with Gasteiger partial charge in [0.1, 0.15) is 5.76 Å². The predicted molar refractivity (Wildman–Crippen MR) is 126 cm³/mol. The molecule has 3 aromatic heterocycles. The number of hydrogen-bond acceptors (Lipinski definition) is 6. The van der Waals surface area contributed by atoms with E-state index in [-0.39, 0.29) is 18.2 Å². The van der Waals surface area contributed by atoms with Crippen molar-refractivity contribution in [2.75, 3.05) is 6.54 Å². The van der Waals surface area contributed by atoms with E-state index in [2.05, 4.69) is 20.6 Å². The van der Waals surface area contributed by atoms with Gasteiger partial charge in [0.15, 0.2) is 11.1 Å². The number of urea groups is 1. The highest BCUT2D eigenvalue weighted by atomic mass is 16.3. The molecule has 0 unspecified atom stereocenters. The van der Waals surface area contributed by atoms with Crippen LogP contribution in [-0.4, -0.2) is 39.3 Å². The monoisotopic (exact) mass is 467 g/mol. The lowest BCUT2D eigenvalue weighted by Gasteiger charge is -2.29. The van der Waals surface area contributed by atoms with E-state index in [0.717, 1.165) is 23.1 Å². The van der Waals surface area contributed by atoms with E-state index >= 15 is 0 Å². The zero-order valence-electron chi connectivity index (χ0n) is 18.9. The van der Waals surface area contributed by atoms with Crippen molar-refractivity contribution in [1.29, 1.82) is 0 Å². The maximum atomic E-state index is 13.2. The van der Waals surface area contributed by atoms with Crippen molar-refractivity contribution in [2.24, 2.45) is 0 Å². The van der Waals surface area contributed by atoms with Gasteiger partial charge in [-0.25, -0.2) is 4.79 Å². The van der Waals surface area contributed by atoms with Crippen LogP contribution in [0.1, 0.15) is 34.2 Å². The van der Waals surface area contributed by atoms with Gasteiger partial charge in [-0.15, -0.1) is 0 Å². The predicted octanol–water partition coefficient (Wildman–Crippen LogP) is 3.14. The molecule has 9 heteroatoms. The summed E-state index contributed by atoms with van der Waals surface area (Å²) in [6.07, 6.45) is 5.79. The van der Waals surface area contributed by atoms with Crippen LogP contribution in [0.25, 0.3) is 22.2 Å². The Morgan fingerprint density at radius 2 is 2.00 bits per heavy atom. The smallest absolute Gasteiger partial charge is 0.322 e. The molecule has 1 saturated heterocycles. The summed E-state index contributed by atoms with van der Waals surface area (Å²) in [5.74, 6) is -0.515. The number of rotatable bonds is 5. The molecule has 2 N–H and O–H groups in total. The molecule has 2 aliphatic rings. The number of nitrogens with one attached hydrogen (secondary N) is 2. The quantitative estimate of drug-likeness (QED) is 0.436. The van der Waals surface area contributed by atoms with Gasteiger partial charge < -0.3 is 14.6 Å². The standard InChI is InChI=1S/C26H21N5O4/c1-2-15-5-6-17-13-31(23(32)19(17)8-15)14-26(24(33)29-25(34)30-26)22-10-18-9-20(28-12-21(18)35-22)16-4-3-7-27-11-16/h3-12H,2,13-14H2,1H3,(H2,29,30,33,34)/t26-/m0/s1. The summed E-state index contributed by atoms with van der Waals surface area (Å²) < 4.78 is 6.03. The SMILES string of the molecule is CCc1ccc2c(c1)C(=O)N(C[C@@]1(c3cc4cc(-c5cccnc5)ncc4o3)NC(=O)NC1=O)C2. The normalized spacial score (nSPS) is 19.2. The van der Waals surface area contributed by atoms with E-state index in [1.54, 1.807) is 29.6 Å². The molecule has 9 nitrogen and oxygen atoms in total. The van der Waals surface area contributed by atoms with Crippen LogP contribution in [0, 0.1) is 0 Å². The van der Waals surface area contributed by atoms with Crippen LogP contribution in [0.5, 0.6) is 0 Å². The summed E-state index contributed by atoms with van der Waals surface area (Å²) >= 11 is 0. The van der Waals surface area contributed by atoms with E-state index in [1.807, 2.05) is 43.3 Å². The number of amides is 4. The van der Waals surface area contributed by atoms with Gasteiger partial charge in [0, 0.05) is 35.5 Å². The lowest BCUT2D eigenvalue weighted by Crippen LogP contribution is -2.52. The Morgan fingerprint density at radius 1 is 1.11 bits per heavy atom. The third kappa shape index (κ3) is 3.35. The average Bonchev–Trinajstić information content (AvgIpc) is 3.53. The van der Waals surface area contributed by atoms with Crippen molar-refractivity contribution in [3.8, 4) is 11.3 Å². The van der Waals surface area contributed by atoms with Crippen LogP contribution in [0.15, 0.2) is 65.5 Å². The van der Waals surface area contributed by atoms with E-state index in [9.17, 15) is 14.4 Å². The Balaban J connectivity index is 1.38. The van der Waals surface area contributed by atoms with Gasteiger partial charge in [0.25, 0.3) is 11.8 Å². The van der Waals surface area contributed by atoms with Gasteiger partial charge in [-0.05, 0) is 47.9 Å². The summed E-state index contributed by atoms with van der Waals surface area (Å²) in [7, 11) is 0. The van der Waals surface area contributed by atoms with Gasteiger partial charge in [-0.3, -0.25) is 24.9 Å². The lowest BCUT2D eigenvalue weighted by molar-refractivity contribution is -0.125. The highest BCUT2D eigenvalue weighted by molar-refractivity contribution is 6.08. The fraction of sp³-hybridized carbons (Fsp3) is 0.192. The highest BCUT2D eigenvalue weighted by Gasteiger charge is 2.53. The Morgan fingerprint density at radius 3 is 2.74 bits per heavy atom. The number of furan rings is 1. The molecule has 0 spiro atoms. The first-order chi connectivity index (χ1) is 17.0. The van der Waals surface area contributed by atoms with Gasteiger partial charge in [0.05, 0.1) is 18.4 Å². The maximum absolute atomic E-state index is 13.2. The summed E-state index contributed by atoms with van der Waals surface area (Å²) in [5.41, 5.74) is 3.02. The summed E-state index contributed by atoms with van der Waals surface area (Å²) in [6.45, 7) is 2.31. The number of benzene rings is 1. The van der Waals surface area contributed by atoms with Crippen LogP contribution >= 0.6 is 0 Å². The van der Waals surface area contributed by atoms with E-state index in [0.29, 0.717) is 28.8 Å². The molecule has 35 heavy (non-hydrogen) atoms. The molecule has 1 aromatic carbocycles. The van der Waals surface area contributed by atoms with Gasteiger partial charge >= 0.3 is 6.03 Å². The Bertz CT molecular complexity index is 1510. The Kier molecular flexibility index (Phi) is 4.67.